The van der Waals surface area contributed by atoms with Gasteiger partial charge in [0.25, 0.3) is 5.91 Å². The summed E-state index contributed by atoms with van der Waals surface area (Å²) in [5.74, 6) is 0.662. The van der Waals surface area contributed by atoms with Gasteiger partial charge in [-0.05, 0) is 44.7 Å². The maximum atomic E-state index is 12.4. The molecule has 2 aliphatic heterocycles. The number of nitrogens with zero attached hydrogens (tertiary/aromatic N) is 2. The molecular weight excluding hydrogens is 240 g/mol. The van der Waals surface area contributed by atoms with Crippen molar-refractivity contribution in [3.63, 3.8) is 0 Å². The van der Waals surface area contributed by atoms with Crippen LogP contribution in [0.25, 0.3) is 0 Å². The number of likely N-dealkylation sites (tertiary alicyclic amines) is 1. The van der Waals surface area contributed by atoms with Gasteiger partial charge in [0.05, 0.1) is 12.2 Å². The Hall–Kier alpha value is -1.42. The third-order valence-corrected chi connectivity index (χ3v) is 4.13. The van der Waals surface area contributed by atoms with E-state index in [1.807, 2.05) is 24.0 Å². The van der Waals surface area contributed by atoms with E-state index in [-0.39, 0.29) is 12.0 Å². The van der Waals surface area contributed by atoms with Crippen molar-refractivity contribution < 1.29 is 9.53 Å². The lowest BCUT2D eigenvalue weighted by Gasteiger charge is -2.33. The third-order valence-electron chi connectivity index (χ3n) is 4.13. The second-order valence-electron chi connectivity index (χ2n) is 5.68. The molecule has 0 saturated carbocycles. The van der Waals surface area contributed by atoms with Crippen LogP contribution in [-0.4, -0.2) is 41.1 Å². The summed E-state index contributed by atoms with van der Waals surface area (Å²) in [5.41, 5.74) is 1.43. The molecular formula is C15H20N2O2. The number of hydrogen-bond donors (Lipinski definition) is 0. The fourth-order valence-electron chi connectivity index (χ4n) is 3.18. The average Bonchev–Trinajstić information content (AvgIpc) is 2.76. The number of carbonyl (C=O) groups excluding carboxylic acids is 1. The van der Waals surface area contributed by atoms with E-state index >= 15 is 0 Å². The predicted molar refractivity (Wildman–Crippen MR) is 71.9 cm³/mol. The number of piperidine rings is 1. The van der Waals surface area contributed by atoms with E-state index in [2.05, 4.69) is 11.9 Å². The van der Waals surface area contributed by atoms with E-state index in [0.29, 0.717) is 24.3 Å². The monoisotopic (exact) mass is 260 g/mol. The van der Waals surface area contributed by atoms with Crippen LogP contribution in [-0.2, 0) is 4.74 Å². The van der Waals surface area contributed by atoms with Crippen LogP contribution in [0.15, 0.2) is 18.2 Å². The van der Waals surface area contributed by atoms with Crippen LogP contribution < -0.4 is 0 Å². The van der Waals surface area contributed by atoms with Crippen molar-refractivity contribution in [1.29, 1.82) is 0 Å². The van der Waals surface area contributed by atoms with Crippen molar-refractivity contribution >= 4 is 5.91 Å². The number of aromatic nitrogens is 1. The summed E-state index contributed by atoms with van der Waals surface area (Å²) in [7, 11) is 0. The van der Waals surface area contributed by atoms with Crippen molar-refractivity contribution in [2.45, 2.75) is 38.9 Å². The van der Waals surface area contributed by atoms with Crippen LogP contribution in [0.3, 0.4) is 0 Å². The summed E-state index contributed by atoms with van der Waals surface area (Å²) < 4.78 is 5.89. The van der Waals surface area contributed by atoms with Gasteiger partial charge >= 0.3 is 0 Å². The molecule has 0 aliphatic carbocycles. The molecule has 2 saturated heterocycles. The van der Waals surface area contributed by atoms with Gasteiger partial charge in [-0.1, -0.05) is 6.07 Å². The maximum absolute atomic E-state index is 12.4. The molecule has 1 amide bonds. The topological polar surface area (TPSA) is 42.4 Å². The van der Waals surface area contributed by atoms with Gasteiger partial charge < -0.3 is 9.64 Å². The lowest BCUT2D eigenvalue weighted by Crippen LogP contribution is -2.45. The highest BCUT2D eigenvalue weighted by molar-refractivity contribution is 5.92. The van der Waals surface area contributed by atoms with Crippen LogP contribution in [0, 0.1) is 12.8 Å². The summed E-state index contributed by atoms with van der Waals surface area (Å²) in [6.07, 6.45) is 2.74. The molecule has 1 aromatic heterocycles. The molecule has 19 heavy (non-hydrogen) atoms. The fraction of sp³-hybridized carbons (Fsp3) is 0.600. The average molecular weight is 260 g/mol. The molecule has 0 bridgehead atoms. The minimum atomic E-state index is 0.0327. The first kappa shape index (κ1) is 12.6. The number of hydrogen-bond acceptors (Lipinski definition) is 3. The zero-order valence-corrected chi connectivity index (χ0v) is 11.5. The number of carbonyl (C=O) groups is 1. The van der Waals surface area contributed by atoms with E-state index in [0.717, 1.165) is 25.1 Å². The van der Waals surface area contributed by atoms with Crippen molar-refractivity contribution in [3.8, 4) is 0 Å². The summed E-state index contributed by atoms with van der Waals surface area (Å²) in [6.45, 7) is 5.56. The fourth-order valence-corrected chi connectivity index (χ4v) is 3.18. The van der Waals surface area contributed by atoms with Crippen LogP contribution in [0.1, 0.15) is 35.9 Å². The molecule has 0 aromatic carbocycles. The second kappa shape index (κ2) is 4.93. The zero-order chi connectivity index (χ0) is 13.4. The minimum absolute atomic E-state index is 0.0327. The van der Waals surface area contributed by atoms with E-state index in [4.69, 9.17) is 4.74 Å². The van der Waals surface area contributed by atoms with Crippen molar-refractivity contribution in [2.24, 2.45) is 5.92 Å². The molecule has 4 heteroatoms. The van der Waals surface area contributed by atoms with Crippen molar-refractivity contribution in [1.82, 2.24) is 9.88 Å². The predicted octanol–water partition coefficient (Wildman–Crippen LogP) is 2.03. The van der Waals surface area contributed by atoms with Crippen LogP contribution in [0.4, 0.5) is 0 Å². The van der Waals surface area contributed by atoms with Gasteiger partial charge in [-0.25, -0.2) is 4.98 Å². The van der Waals surface area contributed by atoms with Gasteiger partial charge in [-0.15, -0.1) is 0 Å². The van der Waals surface area contributed by atoms with Crippen molar-refractivity contribution in [2.75, 3.05) is 13.1 Å². The smallest absolute Gasteiger partial charge is 0.272 e. The van der Waals surface area contributed by atoms with Gasteiger partial charge in [0.1, 0.15) is 5.69 Å². The zero-order valence-electron chi connectivity index (χ0n) is 11.5. The number of amides is 1. The minimum Gasteiger partial charge on any atom is -0.373 e. The number of rotatable bonds is 1. The highest BCUT2D eigenvalue weighted by atomic mass is 16.5. The van der Waals surface area contributed by atoms with Crippen LogP contribution in [0.2, 0.25) is 0 Å². The molecule has 0 spiro atoms. The molecule has 4 nitrogen and oxygen atoms in total. The van der Waals surface area contributed by atoms with Crippen LogP contribution >= 0.6 is 0 Å². The largest absolute Gasteiger partial charge is 0.373 e. The Balaban J connectivity index is 1.71. The van der Waals surface area contributed by atoms with Gasteiger partial charge in [0.2, 0.25) is 0 Å². The number of ether oxygens (including phenoxy) is 1. The molecule has 3 rings (SSSR count). The summed E-state index contributed by atoms with van der Waals surface area (Å²) >= 11 is 0. The molecule has 0 radical (unpaired) electrons. The van der Waals surface area contributed by atoms with Gasteiger partial charge in [-0.2, -0.15) is 0 Å². The Kier molecular flexibility index (Phi) is 3.27. The lowest BCUT2D eigenvalue weighted by molar-refractivity contribution is 0.00138. The Morgan fingerprint density at radius 3 is 3.11 bits per heavy atom. The van der Waals surface area contributed by atoms with E-state index < -0.39 is 0 Å². The first-order chi connectivity index (χ1) is 9.13. The standard InChI is InChI=1S/C15H20N2O2/c1-10-4-3-5-13(16-10)15(18)17-7-6-12-8-11(2)19-14(12)9-17/h3-5,11-12,14H,6-9H2,1-2H3/t11-,12-,14+/m0/s1. The molecule has 2 aliphatic rings. The third kappa shape index (κ3) is 2.50. The highest BCUT2D eigenvalue weighted by Gasteiger charge is 2.38. The summed E-state index contributed by atoms with van der Waals surface area (Å²) in [4.78, 5) is 18.6. The summed E-state index contributed by atoms with van der Waals surface area (Å²) in [6, 6.07) is 5.58. The van der Waals surface area contributed by atoms with Gasteiger partial charge in [0, 0.05) is 18.8 Å². The molecule has 3 atom stereocenters. The highest BCUT2D eigenvalue weighted by Crippen LogP contribution is 2.33. The van der Waals surface area contributed by atoms with E-state index in [9.17, 15) is 4.79 Å². The maximum Gasteiger partial charge on any atom is 0.272 e. The molecule has 1 aromatic rings. The van der Waals surface area contributed by atoms with E-state index in [1.165, 1.54) is 0 Å². The van der Waals surface area contributed by atoms with Crippen molar-refractivity contribution in [3.05, 3.63) is 29.6 Å². The Morgan fingerprint density at radius 1 is 1.47 bits per heavy atom. The quantitative estimate of drug-likeness (QED) is 0.776. The van der Waals surface area contributed by atoms with Gasteiger partial charge in [0.15, 0.2) is 0 Å². The van der Waals surface area contributed by atoms with Crippen LogP contribution in [0.5, 0.6) is 0 Å². The molecule has 0 N–H and O–H groups in total. The Labute approximate surface area is 113 Å². The summed E-state index contributed by atoms with van der Waals surface area (Å²) in [5, 5.41) is 0. The first-order valence-electron chi connectivity index (χ1n) is 7.02. The number of aryl methyl sites for hydroxylation is 1. The molecule has 0 unspecified atom stereocenters. The first-order valence-corrected chi connectivity index (χ1v) is 7.02. The Morgan fingerprint density at radius 2 is 2.32 bits per heavy atom. The second-order valence-corrected chi connectivity index (χ2v) is 5.68. The number of fused-ring (bicyclic) bond motifs is 1. The SMILES string of the molecule is Cc1cccc(C(=O)N2CC[C@H]3C[C@H](C)O[C@@H]3C2)n1. The molecule has 3 heterocycles. The number of pyridine rings is 1. The van der Waals surface area contributed by atoms with Gasteiger partial charge in [-0.3, -0.25) is 4.79 Å². The Bertz CT molecular complexity index is 489. The molecule has 2 fully saturated rings. The van der Waals surface area contributed by atoms with E-state index in [1.54, 1.807) is 6.07 Å². The normalized spacial score (nSPS) is 30.2. The molecule has 102 valence electrons. The lowest BCUT2D eigenvalue weighted by atomic mass is 9.92.